The Morgan fingerprint density at radius 3 is 2.72 bits per heavy atom. The van der Waals surface area contributed by atoms with Crippen LogP contribution in [0.5, 0.6) is 0 Å². The molecule has 0 aliphatic carbocycles. The monoisotopic (exact) mass is 358 g/mol. The summed E-state index contributed by atoms with van der Waals surface area (Å²) in [5.74, 6) is -0.541. The Labute approximate surface area is 149 Å². The summed E-state index contributed by atoms with van der Waals surface area (Å²) < 4.78 is 18.1. The summed E-state index contributed by atoms with van der Waals surface area (Å²) in [6.07, 6.45) is 5.76. The molecular weight excluding hydrogens is 343 g/mol. The van der Waals surface area contributed by atoms with E-state index in [1.165, 1.54) is 6.07 Å². The number of rotatable bonds is 6. The minimum atomic E-state index is -0.457. The summed E-state index contributed by atoms with van der Waals surface area (Å²) in [5.41, 5.74) is 3.46. The van der Waals surface area contributed by atoms with Gasteiger partial charge in [0.2, 0.25) is 5.91 Å². The molecule has 0 bridgehead atoms. The van der Waals surface area contributed by atoms with E-state index in [1.54, 1.807) is 30.9 Å². The van der Waals surface area contributed by atoms with Gasteiger partial charge < -0.3 is 9.73 Å². The van der Waals surface area contributed by atoms with E-state index in [9.17, 15) is 9.18 Å². The number of nitrogens with one attached hydrogen (secondary N) is 1. The highest BCUT2D eigenvalue weighted by Gasteiger charge is 2.06. The lowest BCUT2D eigenvalue weighted by atomic mass is 10.1. The molecule has 0 saturated carbocycles. The van der Waals surface area contributed by atoms with Gasteiger partial charge in [0.05, 0.1) is 23.2 Å². The topological polar surface area (TPSA) is 55.1 Å². The van der Waals surface area contributed by atoms with E-state index in [-0.39, 0.29) is 10.9 Å². The number of hydrogen-bond acceptors (Lipinski definition) is 3. The first-order valence-electron chi connectivity index (χ1n) is 7.80. The average Bonchev–Trinajstić information content (AvgIpc) is 3.16. The van der Waals surface area contributed by atoms with Crippen LogP contribution in [0.3, 0.4) is 0 Å². The van der Waals surface area contributed by atoms with Crippen LogP contribution in [0, 0.1) is 5.82 Å². The Bertz CT molecular complexity index is 848. The van der Waals surface area contributed by atoms with E-state index >= 15 is 0 Å². The summed E-state index contributed by atoms with van der Waals surface area (Å²) in [7, 11) is 0. The fourth-order valence-electron chi connectivity index (χ4n) is 2.35. The predicted molar refractivity (Wildman–Crippen MR) is 93.5 cm³/mol. The Morgan fingerprint density at radius 1 is 1.20 bits per heavy atom. The van der Waals surface area contributed by atoms with Gasteiger partial charge in [0, 0.05) is 24.7 Å². The molecule has 0 unspecified atom stereocenters. The zero-order chi connectivity index (χ0) is 17.6. The smallest absolute Gasteiger partial charge is 0.220 e. The standard InChI is InChI=1S/C19H16ClFN2O2/c20-16-9-13(1-4-17(16)21)3-6-19(24)23-11-14-2-5-18(22-10-14)15-7-8-25-12-15/h1-2,4-5,7-10,12H,3,6,11H2,(H,23,24). The molecule has 1 amide bonds. The number of nitrogens with zero attached hydrogens (tertiary/aromatic N) is 1. The van der Waals surface area contributed by atoms with Gasteiger partial charge in [-0.25, -0.2) is 4.39 Å². The molecule has 3 aromatic rings. The molecule has 0 spiro atoms. The number of aromatic nitrogens is 1. The molecule has 1 aromatic carbocycles. The van der Waals surface area contributed by atoms with Crippen LogP contribution in [-0.4, -0.2) is 10.9 Å². The summed E-state index contributed by atoms with van der Waals surface area (Å²) >= 11 is 5.73. The van der Waals surface area contributed by atoms with Crippen molar-refractivity contribution in [2.24, 2.45) is 0 Å². The Kier molecular flexibility index (Phi) is 5.46. The third-order valence-electron chi connectivity index (χ3n) is 3.76. The number of aryl methyl sites for hydroxylation is 1. The van der Waals surface area contributed by atoms with E-state index in [4.69, 9.17) is 16.0 Å². The van der Waals surface area contributed by atoms with E-state index in [0.29, 0.717) is 19.4 Å². The van der Waals surface area contributed by atoms with Crippen molar-refractivity contribution in [3.63, 3.8) is 0 Å². The number of hydrogen-bond donors (Lipinski definition) is 1. The van der Waals surface area contributed by atoms with Crippen LogP contribution < -0.4 is 5.32 Å². The fraction of sp³-hybridized carbons (Fsp3) is 0.158. The molecule has 2 aromatic heterocycles. The number of carbonyl (C=O) groups excluding carboxylic acids is 1. The highest BCUT2D eigenvalue weighted by molar-refractivity contribution is 6.30. The maximum atomic E-state index is 13.1. The van der Waals surface area contributed by atoms with Crippen LogP contribution in [0.15, 0.2) is 59.5 Å². The number of amides is 1. The van der Waals surface area contributed by atoms with Gasteiger partial charge in [-0.05, 0) is 41.8 Å². The molecule has 0 aliphatic rings. The minimum Gasteiger partial charge on any atom is -0.472 e. The van der Waals surface area contributed by atoms with Crippen LogP contribution in [0.4, 0.5) is 4.39 Å². The molecule has 4 nitrogen and oxygen atoms in total. The van der Waals surface area contributed by atoms with Gasteiger partial charge in [-0.2, -0.15) is 0 Å². The molecule has 0 atom stereocenters. The lowest BCUT2D eigenvalue weighted by molar-refractivity contribution is -0.121. The van der Waals surface area contributed by atoms with Crippen molar-refractivity contribution in [2.75, 3.05) is 0 Å². The first-order chi connectivity index (χ1) is 12.1. The molecule has 0 saturated heterocycles. The van der Waals surface area contributed by atoms with E-state index in [1.807, 2.05) is 18.2 Å². The molecule has 2 heterocycles. The maximum absolute atomic E-state index is 13.1. The van der Waals surface area contributed by atoms with Gasteiger partial charge in [0.15, 0.2) is 0 Å². The van der Waals surface area contributed by atoms with Crippen LogP contribution in [0.1, 0.15) is 17.5 Å². The van der Waals surface area contributed by atoms with Crippen molar-refractivity contribution in [3.05, 3.63) is 77.1 Å². The molecule has 25 heavy (non-hydrogen) atoms. The molecule has 1 N–H and O–H groups in total. The van der Waals surface area contributed by atoms with Crippen molar-refractivity contribution in [2.45, 2.75) is 19.4 Å². The highest BCUT2D eigenvalue weighted by atomic mass is 35.5. The Balaban J connectivity index is 1.48. The molecule has 128 valence electrons. The van der Waals surface area contributed by atoms with Gasteiger partial charge in [-0.3, -0.25) is 9.78 Å². The first-order valence-corrected chi connectivity index (χ1v) is 8.18. The number of carbonyl (C=O) groups is 1. The van der Waals surface area contributed by atoms with Gasteiger partial charge in [-0.15, -0.1) is 0 Å². The van der Waals surface area contributed by atoms with Crippen molar-refractivity contribution in [3.8, 4) is 11.3 Å². The Hall–Kier alpha value is -2.66. The van der Waals surface area contributed by atoms with Crippen molar-refractivity contribution in [1.82, 2.24) is 10.3 Å². The largest absolute Gasteiger partial charge is 0.472 e. The summed E-state index contributed by atoms with van der Waals surface area (Å²) in [6, 6.07) is 10.1. The van der Waals surface area contributed by atoms with Crippen LogP contribution in [0.25, 0.3) is 11.3 Å². The summed E-state index contributed by atoms with van der Waals surface area (Å²) in [4.78, 5) is 16.3. The second-order valence-corrected chi connectivity index (χ2v) is 6.00. The van der Waals surface area contributed by atoms with Crippen LogP contribution >= 0.6 is 11.6 Å². The molecule has 0 fully saturated rings. The van der Waals surface area contributed by atoms with Gasteiger partial charge >= 0.3 is 0 Å². The number of furan rings is 1. The molecule has 0 aliphatic heterocycles. The lowest BCUT2D eigenvalue weighted by Gasteiger charge is -2.06. The lowest BCUT2D eigenvalue weighted by Crippen LogP contribution is -2.23. The number of halogens is 2. The molecule has 0 radical (unpaired) electrons. The van der Waals surface area contributed by atoms with E-state index < -0.39 is 5.82 Å². The summed E-state index contributed by atoms with van der Waals surface area (Å²) in [6.45, 7) is 0.404. The van der Waals surface area contributed by atoms with Crippen LogP contribution in [-0.2, 0) is 17.8 Å². The van der Waals surface area contributed by atoms with Crippen molar-refractivity contribution in [1.29, 1.82) is 0 Å². The van der Waals surface area contributed by atoms with Gasteiger partial charge in [-0.1, -0.05) is 23.7 Å². The second-order valence-electron chi connectivity index (χ2n) is 5.59. The normalized spacial score (nSPS) is 10.6. The Morgan fingerprint density at radius 2 is 2.04 bits per heavy atom. The third kappa shape index (κ3) is 4.67. The van der Waals surface area contributed by atoms with Crippen molar-refractivity contribution < 1.29 is 13.6 Å². The number of pyridine rings is 1. The minimum absolute atomic E-state index is 0.0710. The average molecular weight is 359 g/mol. The zero-order valence-corrected chi connectivity index (χ0v) is 14.1. The molecular formula is C19H16ClFN2O2. The third-order valence-corrected chi connectivity index (χ3v) is 4.05. The van der Waals surface area contributed by atoms with Gasteiger partial charge in [0.1, 0.15) is 5.82 Å². The number of benzene rings is 1. The highest BCUT2D eigenvalue weighted by Crippen LogP contribution is 2.18. The van der Waals surface area contributed by atoms with E-state index in [0.717, 1.165) is 22.4 Å². The maximum Gasteiger partial charge on any atom is 0.220 e. The molecule has 3 rings (SSSR count). The van der Waals surface area contributed by atoms with Crippen molar-refractivity contribution >= 4 is 17.5 Å². The first kappa shape index (κ1) is 17.2. The zero-order valence-electron chi connectivity index (χ0n) is 13.3. The van der Waals surface area contributed by atoms with Crippen LogP contribution in [0.2, 0.25) is 5.02 Å². The predicted octanol–water partition coefficient (Wildman–Crippen LogP) is 4.38. The van der Waals surface area contributed by atoms with Gasteiger partial charge in [0.25, 0.3) is 0 Å². The fourth-order valence-corrected chi connectivity index (χ4v) is 2.56. The second kappa shape index (κ2) is 7.94. The molecule has 6 heteroatoms. The van der Waals surface area contributed by atoms with E-state index in [2.05, 4.69) is 10.3 Å². The quantitative estimate of drug-likeness (QED) is 0.711. The SMILES string of the molecule is O=C(CCc1ccc(F)c(Cl)c1)NCc1ccc(-c2ccoc2)nc1. The summed E-state index contributed by atoms with van der Waals surface area (Å²) in [5, 5.41) is 2.92.